The second-order valence-electron chi connectivity index (χ2n) is 4.48. The van der Waals surface area contributed by atoms with Gasteiger partial charge in [0.05, 0.1) is 25.4 Å². The maximum absolute atomic E-state index is 9.58. The number of aliphatic hydroxyl groups is 1. The average Bonchev–Trinajstić information content (AvgIpc) is 2.52. The van der Waals surface area contributed by atoms with Gasteiger partial charge in [0.25, 0.3) is 0 Å². The summed E-state index contributed by atoms with van der Waals surface area (Å²) in [6, 6.07) is 0.668. The molecule has 3 atom stereocenters. The van der Waals surface area contributed by atoms with E-state index >= 15 is 0 Å². The Bertz CT molecular complexity index is 189. The van der Waals surface area contributed by atoms with Crippen molar-refractivity contribution in [3.05, 3.63) is 0 Å². The molecule has 0 spiro atoms. The Morgan fingerprint density at radius 1 is 1.43 bits per heavy atom. The summed E-state index contributed by atoms with van der Waals surface area (Å²) in [5, 5.41) is 13.1. The van der Waals surface area contributed by atoms with Gasteiger partial charge in [-0.1, -0.05) is 0 Å². The summed E-state index contributed by atoms with van der Waals surface area (Å²) in [5.74, 6) is 0. The predicted octanol–water partition coefficient (Wildman–Crippen LogP) is -0.570. The van der Waals surface area contributed by atoms with Gasteiger partial charge in [-0.15, -0.1) is 0 Å². The molecular formula is C10H20N2O2. The van der Waals surface area contributed by atoms with E-state index in [1.54, 1.807) is 0 Å². The highest BCUT2D eigenvalue weighted by atomic mass is 16.5. The fraction of sp³-hybridized carbons (Fsp3) is 1.00. The quantitative estimate of drug-likeness (QED) is 0.626. The molecule has 2 fully saturated rings. The fourth-order valence-electron chi connectivity index (χ4n) is 2.31. The molecular weight excluding hydrogens is 180 g/mol. The molecule has 0 aromatic carbocycles. The van der Waals surface area contributed by atoms with Crippen LogP contribution >= 0.6 is 0 Å². The van der Waals surface area contributed by atoms with E-state index in [2.05, 4.69) is 17.3 Å². The van der Waals surface area contributed by atoms with Crippen LogP contribution in [0.25, 0.3) is 0 Å². The number of nitrogens with zero attached hydrogens (tertiary/aromatic N) is 1. The maximum atomic E-state index is 9.58. The Balaban J connectivity index is 1.78. The Hall–Kier alpha value is -0.160. The number of rotatable bonds is 2. The highest BCUT2D eigenvalue weighted by molar-refractivity contribution is 4.86. The number of ether oxygens (including phenoxy) is 1. The highest BCUT2D eigenvalue weighted by Gasteiger charge is 2.29. The lowest BCUT2D eigenvalue weighted by Gasteiger charge is -2.32. The zero-order valence-electron chi connectivity index (χ0n) is 8.78. The van der Waals surface area contributed by atoms with Crippen molar-refractivity contribution >= 4 is 0 Å². The molecule has 0 bridgehead atoms. The minimum atomic E-state index is -0.317. The van der Waals surface area contributed by atoms with Crippen LogP contribution in [0.2, 0.25) is 0 Å². The fourth-order valence-corrected chi connectivity index (χ4v) is 2.31. The zero-order valence-corrected chi connectivity index (χ0v) is 8.78. The van der Waals surface area contributed by atoms with Crippen LogP contribution in [-0.4, -0.2) is 61.5 Å². The molecule has 2 heterocycles. The number of hydrogen-bond acceptors (Lipinski definition) is 4. The first-order valence-corrected chi connectivity index (χ1v) is 5.46. The van der Waals surface area contributed by atoms with E-state index in [1.807, 2.05) is 0 Å². The molecule has 0 aromatic rings. The van der Waals surface area contributed by atoms with E-state index in [1.165, 1.54) is 19.4 Å². The molecule has 14 heavy (non-hydrogen) atoms. The summed E-state index contributed by atoms with van der Waals surface area (Å²) in [6.07, 6.45) is 2.15. The second-order valence-corrected chi connectivity index (χ2v) is 4.48. The van der Waals surface area contributed by atoms with Crippen LogP contribution in [0.4, 0.5) is 0 Å². The summed E-state index contributed by atoms with van der Waals surface area (Å²) < 4.78 is 5.21. The van der Waals surface area contributed by atoms with Gasteiger partial charge in [-0.05, 0) is 26.4 Å². The molecule has 2 rings (SSSR count). The summed E-state index contributed by atoms with van der Waals surface area (Å²) in [6.45, 7) is 3.42. The van der Waals surface area contributed by atoms with Crippen LogP contribution in [0.5, 0.6) is 0 Å². The third-order valence-electron chi connectivity index (χ3n) is 3.12. The largest absolute Gasteiger partial charge is 0.389 e. The van der Waals surface area contributed by atoms with Crippen molar-refractivity contribution in [2.24, 2.45) is 0 Å². The van der Waals surface area contributed by atoms with E-state index in [9.17, 15) is 5.11 Å². The Morgan fingerprint density at radius 3 is 2.93 bits per heavy atom. The zero-order chi connectivity index (χ0) is 9.97. The number of piperidine rings is 1. The van der Waals surface area contributed by atoms with Gasteiger partial charge >= 0.3 is 0 Å². The Morgan fingerprint density at radius 2 is 2.29 bits per heavy atom. The van der Waals surface area contributed by atoms with E-state index in [4.69, 9.17) is 4.74 Å². The molecule has 0 radical (unpaired) electrons. The van der Waals surface area contributed by atoms with E-state index < -0.39 is 0 Å². The van der Waals surface area contributed by atoms with Crippen molar-refractivity contribution in [3.8, 4) is 0 Å². The molecule has 2 aliphatic rings. The third kappa shape index (κ3) is 2.45. The van der Waals surface area contributed by atoms with Crippen LogP contribution in [0.15, 0.2) is 0 Å². The molecule has 2 saturated heterocycles. The lowest BCUT2D eigenvalue weighted by molar-refractivity contribution is 0.118. The number of likely N-dealkylation sites (tertiary alicyclic amines) is 1. The van der Waals surface area contributed by atoms with Crippen LogP contribution < -0.4 is 5.32 Å². The number of nitrogens with one attached hydrogen (secondary N) is 1. The van der Waals surface area contributed by atoms with E-state index in [0.717, 1.165) is 6.54 Å². The van der Waals surface area contributed by atoms with Gasteiger partial charge in [0.1, 0.15) is 0 Å². The molecule has 0 saturated carbocycles. The first kappa shape index (κ1) is 10.4. The molecule has 0 amide bonds. The van der Waals surface area contributed by atoms with Crippen molar-refractivity contribution < 1.29 is 9.84 Å². The summed E-state index contributed by atoms with van der Waals surface area (Å²) in [5.41, 5.74) is 0. The van der Waals surface area contributed by atoms with Gasteiger partial charge in [-0.25, -0.2) is 0 Å². The average molecular weight is 200 g/mol. The van der Waals surface area contributed by atoms with Crippen molar-refractivity contribution in [3.63, 3.8) is 0 Å². The number of aliphatic hydroxyl groups excluding tert-OH is 1. The molecule has 3 unspecified atom stereocenters. The van der Waals surface area contributed by atoms with Crippen LogP contribution in [0, 0.1) is 0 Å². The second kappa shape index (κ2) is 4.57. The topological polar surface area (TPSA) is 44.7 Å². The maximum Gasteiger partial charge on any atom is 0.0948 e. The van der Waals surface area contributed by atoms with Gasteiger partial charge in [-0.2, -0.15) is 0 Å². The predicted molar refractivity (Wildman–Crippen MR) is 54.3 cm³/mol. The molecule has 82 valence electrons. The molecule has 0 aliphatic carbocycles. The first-order chi connectivity index (χ1) is 6.75. The molecule has 4 nitrogen and oxygen atoms in total. The molecule has 2 aliphatic heterocycles. The van der Waals surface area contributed by atoms with Gasteiger partial charge < -0.3 is 20.1 Å². The minimum absolute atomic E-state index is 0.145. The standard InChI is InChI=1S/C10H20N2O2/c1-12-4-2-3-8(5-12)11-9-6-14-7-10(9)13/h8-11,13H,2-7H2,1H3. The van der Waals surface area contributed by atoms with E-state index in [0.29, 0.717) is 19.3 Å². The smallest absolute Gasteiger partial charge is 0.0948 e. The first-order valence-electron chi connectivity index (χ1n) is 5.46. The molecule has 0 aromatic heterocycles. The summed E-state index contributed by atoms with van der Waals surface area (Å²) in [7, 11) is 2.15. The van der Waals surface area contributed by atoms with Gasteiger partial charge in [0.2, 0.25) is 0 Å². The van der Waals surface area contributed by atoms with Crippen molar-refractivity contribution in [1.29, 1.82) is 0 Å². The Kier molecular flexibility index (Phi) is 3.38. The number of hydrogen-bond donors (Lipinski definition) is 2. The SMILES string of the molecule is CN1CCCC(NC2COCC2O)C1. The molecule has 2 N–H and O–H groups in total. The molecule has 4 heteroatoms. The minimum Gasteiger partial charge on any atom is -0.389 e. The third-order valence-corrected chi connectivity index (χ3v) is 3.12. The van der Waals surface area contributed by atoms with Crippen molar-refractivity contribution in [2.75, 3.05) is 33.4 Å². The summed E-state index contributed by atoms with van der Waals surface area (Å²) >= 11 is 0. The monoisotopic (exact) mass is 200 g/mol. The van der Waals surface area contributed by atoms with Crippen molar-refractivity contribution in [2.45, 2.75) is 31.0 Å². The Labute approximate surface area is 85.2 Å². The van der Waals surface area contributed by atoms with Crippen molar-refractivity contribution in [1.82, 2.24) is 10.2 Å². The summed E-state index contributed by atoms with van der Waals surface area (Å²) in [4.78, 5) is 2.34. The normalized spacial score (nSPS) is 40.3. The van der Waals surface area contributed by atoms with E-state index in [-0.39, 0.29) is 12.1 Å². The number of likely N-dealkylation sites (N-methyl/N-ethyl adjacent to an activating group) is 1. The highest BCUT2D eigenvalue weighted by Crippen LogP contribution is 2.12. The van der Waals surface area contributed by atoms with Gasteiger partial charge in [0, 0.05) is 12.6 Å². The lowest BCUT2D eigenvalue weighted by atomic mass is 10.0. The van der Waals surface area contributed by atoms with Crippen LogP contribution in [-0.2, 0) is 4.74 Å². The lowest BCUT2D eigenvalue weighted by Crippen LogP contribution is -2.51. The van der Waals surface area contributed by atoms with Gasteiger partial charge in [-0.3, -0.25) is 0 Å². The van der Waals surface area contributed by atoms with Gasteiger partial charge in [0.15, 0.2) is 0 Å². The van der Waals surface area contributed by atoms with Crippen LogP contribution in [0.1, 0.15) is 12.8 Å². The van der Waals surface area contributed by atoms with Crippen LogP contribution in [0.3, 0.4) is 0 Å².